The molecule has 1 aliphatic heterocycles. The first-order valence-corrected chi connectivity index (χ1v) is 9.12. The third-order valence-electron chi connectivity index (χ3n) is 4.83. The monoisotopic (exact) mass is 340 g/mol. The van der Waals surface area contributed by atoms with Crippen LogP contribution in [0.5, 0.6) is 5.75 Å². The van der Waals surface area contributed by atoms with Gasteiger partial charge >= 0.3 is 0 Å². The summed E-state index contributed by atoms with van der Waals surface area (Å²) in [6.45, 7) is 7.26. The molecular formula is C20H28N4O. The van der Waals surface area contributed by atoms with Crippen molar-refractivity contribution in [1.82, 2.24) is 9.97 Å². The van der Waals surface area contributed by atoms with Crippen LogP contribution in [0.3, 0.4) is 0 Å². The number of para-hydroxylation sites is 1. The van der Waals surface area contributed by atoms with Gasteiger partial charge in [0.15, 0.2) is 0 Å². The van der Waals surface area contributed by atoms with Crippen LogP contribution in [0.2, 0.25) is 0 Å². The number of anilines is 2. The Morgan fingerprint density at radius 2 is 1.96 bits per heavy atom. The minimum absolute atomic E-state index is 0.813. The number of rotatable bonds is 6. The van der Waals surface area contributed by atoms with Crippen molar-refractivity contribution in [3.63, 3.8) is 0 Å². The number of nitrogens with zero attached hydrogens (tertiary/aromatic N) is 3. The molecule has 134 valence electrons. The Morgan fingerprint density at radius 1 is 1.20 bits per heavy atom. The van der Waals surface area contributed by atoms with Crippen LogP contribution in [0, 0.1) is 12.8 Å². The van der Waals surface area contributed by atoms with Crippen molar-refractivity contribution in [2.45, 2.75) is 33.1 Å². The highest BCUT2D eigenvalue weighted by molar-refractivity contribution is 5.50. The minimum atomic E-state index is 0.813. The van der Waals surface area contributed by atoms with Crippen molar-refractivity contribution in [3.8, 4) is 5.75 Å². The van der Waals surface area contributed by atoms with Gasteiger partial charge in [-0.25, -0.2) is 9.97 Å². The molecule has 0 amide bonds. The smallest absolute Gasteiger partial charge is 0.134 e. The quantitative estimate of drug-likeness (QED) is 0.869. The fraction of sp³-hybridized carbons (Fsp3) is 0.500. The molecule has 1 aromatic carbocycles. The van der Waals surface area contributed by atoms with Crippen molar-refractivity contribution in [2.75, 3.05) is 37.0 Å². The van der Waals surface area contributed by atoms with Gasteiger partial charge in [0.05, 0.1) is 7.11 Å². The molecule has 2 aromatic rings. The van der Waals surface area contributed by atoms with Crippen LogP contribution in [0.15, 0.2) is 30.3 Å². The number of nitrogens with one attached hydrogen (secondary N) is 1. The summed E-state index contributed by atoms with van der Waals surface area (Å²) in [5.74, 6) is 4.51. The zero-order valence-corrected chi connectivity index (χ0v) is 15.5. The summed E-state index contributed by atoms with van der Waals surface area (Å²) in [7, 11) is 1.71. The highest BCUT2D eigenvalue weighted by Gasteiger charge is 2.17. The minimum Gasteiger partial charge on any atom is -0.496 e. The molecule has 1 aliphatic rings. The molecule has 1 aromatic heterocycles. The Balaban J connectivity index is 1.62. The zero-order chi connectivity index (χ0) is 17.6. The largest absolute Gasteiger partial charge is 0.496 e. The van der Waals surface area contributed by atoms with Crippen molar-refractivity contribution >= 4 is 11.6 Å². The maximum absolute atomic E-state index is 5.41. The summed E-state index contributed by atoms with van der Waals surface area (Å²) in [6.07, 6.45) is 3.36. The van der Waals surface area contributed by atoms with Gasteiger partial charge in [-0.1, -0.05) is 25.1 Å². The van der Waals surface area contributed by atoms with E-state index in [4.69, 9.17) is 4.74 Å². The van der Waals surface area contributed by atoms with Gasteiger partial charge < -0.3 is 15.0 Å². The molecule has 0 atom stereocenters. The van der Waals surface area contributed by atoms with E-state index in [0.717, 1.165) is 55.2 Å². The molecule has 5 nitrogen and oxygen atoms in total. The number of methoxy groups -OCH3 is 1. The summed E-state index contributed by atoms with van der Waals surface area (Å²) in [5.41, 5.74) is 1.20. The van der Waals surface area contributed by atoms with Crippen LogP contribution >= 0.6 is 0 Å². The molecule has 1 fully saturated rings. The van der Waals surface area contributed by atoms with Gasteiger partial charge in [0, 0.05) is 25.7 Å². The van der Waals surface area contributed by atoms with Gasteiger partial charge in [0.2, 0.25) is 0 Å². The van der Waals surface area contributed by atoms with Gasteiger partial charge in [-0.05, 0) is 43.7 Å². The van der Waals surface area contributed by atoms with E-state index in [0.29, 0.717) is 0 Å². The van der Waals surface area contributed by atoms with E-state index in [-0.39, 0.29) is 0 Å². The maximum atomic E-state index is 5.41. The van der Waals surface area contributed by atoms with Crippen LogP contribution in [0.1, 0.15) is 31.2 Å². The highest BCUT2D eigenvalue weighted by Crippen LogP contribution is 2.23. The first-order chi connectivity index (χ1) is 12.2. The molecule has 1 saturated heterocycles. The van der Waals surface area contributed by atoms with Crippen LogP contribution in [-0.2, 0) is 6.42 Å². The summed E-state index contributed by atoms with van der Waals surface area (Å²) in [5, 5.41) is 3.44. The zero-order valence-electron chi connectivity index (χ0n) is 15.5. The predicted molar refractivity (Wildman–Crippen MR) is 103 cm³/mol. The lowest BCUT2D eigenvalue weighted by atomic mass is 9.99. The van der Waals surface area contributed by atoms with Gasteiger partial charge in [-0.2, -0.15) is 0 Å². The van der Waals surface area contributed by atoms with E-state index in [1.54, 1.807) is 7.11 Å². The van der Waals surface area contributed by atoms with Gasteiger partial charge in [-0.3, -0.25) is 0 Å². The number of aryl methyl sites for hydroxylation is 1. The molecule has 0 spiro atoms. The first-order valence-electron chi connectivity index (χ1n) is 9.12. The maximum Gasteiger partial charge on any atom is 0.134 e. The summed E-state index contributed by atoms with van der Waals surface area (Å²) in [4.78, 5) is 11.5. The van der Waals surface area contributed by atoms with Crippen LogP contribution in [-0.4, -0.2) is 36.7 Å². The number of benzene rings is 1. The second kappa shape index (κ2) is 8.19. The molecule has 25 heavy (non-hydrogen) atoms. The number of hydrogen-bond donors (Lipinski definition) is 1. The summed E-state index contributed by atoms with van der Waals surface area (Å²) < 4.78 is 5.41. The molecule has 5 heteroatoms. The summed E-state index contributed by atoms with van der Waals surface area (Å²) >= 11 is 0. The number of aromatic nitrogens is 2. The van der Waals surface area contributed by atoms with Crippen molar-refractivity contribution in [3.05, 3.63) is 41.7 Å². The van der Waals surface area contributed by atoms with Crippen molar-refractivity contribution < 1.29 is 4.74 Å². The fourth-order valence-electron chi connectivity index (χ4n) is 3.28. The number of hydrogen-bond acceptors (Lipinski definition) is 5. The molecule has 0 aliphatic carbocycles. The van der Waals surface area contributed by atoms with Gasteiger partial charge in [-0.15, -0.1) is 0 Å². The normalized spacial score (nSPS) is 15.2. The second-order valence-corrected chi connectivity index (χ2v) is 6.82. The van der Waals surface area contributed by atoms with E-state index in [1.807, 2.05) is 25.1 Å². The molecule has 1 N–H and O–H groups in total. The van der Waals surface area contributed by atoms with Gasteiger partial charge in [0.25, 0.3) is 0 Å². The molecule has 2 heterocycles. The molecular weight excluding hydrogens is 312 g/mol. The Labute approximate surface area is 150 Å². The Kier molecular flexibility index (Phi) is 5.74. The van der Waals surface area contributed by atoms with E-state index in [2.05, 4.69) is 39.2 Å². The lowest BCUT2D eigenvalue weighted by molar-refractivity contribution is 0.410. The fourth-order valence-corrected chi connectivity index (χ4v) is 3.28. The standard InChI is InChI=1S/C20H28N4O/c1-15-9-12-24(13-10-15)20-14-19(22-16(2)23-20)21-11-8-17-6-4-5-7-18(17)25-3/h4-7,14-15H,8-13H2,1-3H3,(H,21,22,23). The van der Waals surface area contributed by atoms with E-state index in [1.165, 1.54) is 18.4 Å². The van der Waals surface area contributed by atoms with Crippen molar-refractivity contribution in [1.29, 1.82) is 0 Å². The topological polar surface area (TPSA) is 50.3 Å². The number of piperidine rings is 1. The Bertz CT molecular complexity index is 696. The number of ether oxygens (including phenoxy) is 1. The predicted octanol–water partition coefficient (Wildman–Crippen LogP) is 3.68. The Hall–Kier alpha value is -2.30. The first kappa shape index (κ1) is 17.5. The second-order valence-electron chi connectivity index (χ2n) is 6.82. The third kappa shape index (κ3) is 4.62. The molecule has 0 unspecified atom stereocenters. The van der Waals surface area contributed by atoms with Crippen molar-refractivity contribution in [2.24, 2.45) is 5.92 Å². The molecule has 0 bridgehead atoms. The third-order valence-corrected chi connectivity index (χ3v) is 4.83. The molecule has 0 radical (unpaired) electrons. The highest BCUT2D eigenvalue weighted by atomic mass is 16.5. The summed E-state index contributed by atoms with van der Waals surface area (Å²) in [6, 6.07) is 10.2. The average Bonchev–Trinajstić information content (AvgIpc) is 2.62. The van der Waals surface area contributed by atoms with Gasteiger partial charge in [0.1, 0.15) is 23.2 Å². The van der Waals surface area contributed by atoms with Crippen LogP contribution in [0.25, 0.3) is 0 Å². The molecule has 0 saturated carbocycles. The lowest BCUT2D eigenvalue weighted by Crippen LogP contribution is -2.33. The van der Waals surface area contributed by atoms with E-state index in [9.17, 15) is 0 Å². The average molecular weight is 340 g/mol. The SMILES string of the molecule is COc1ccccc1CCNc1cc(N2CCC(C)CC2)nc(C)n1. The van der Waals surface area contributed by atoms with Crippen LogP contribution in [0.4, 0.5) is 11.6 Å². The Morgan fingerprint density at radius 3 is 2.72 bits per heavy atom. The van der Waals surface area contributed by atoms with E-state index >= 15 is 0 Å². The molecule has 3 rings (SSSR count). The lowest BCUT2D eigenvalue weighted by Gasteiger charge is -2.31. The van der Waals surface area contributed by atoms with E-state index < -0.39 is 0 Å². The van der Waals surface area contributed by atoms with Crippen LogP contribution < -0.4 is 15.0 Å².